The highest BCUT2D eigenvalue weighted by molar-refractivity contribution is 5.82. The molecule has 2 aromatic rings. The molecule has 1 atom stereocenters. The minimum absolute atomic E-state index is 0.0482. The number of aliphatic carboxylic acids is 1. The van der Waals surface area contributed by atoms with E-state index < -0.39 is 12.8 Å². The lowest BCUT2D eigenvalue weighted by molar-refractivity contribution is -0.137. The summed E-state index contributed by atoms with van der Waals surface area (Å²) < 4.78 is 5.09. The van der Waals surface area contributed by atoms with Crippen molar-refractivity contribution in [3.63, 3.8) is 0 Å². The minimum atomic E-state index is -0.828. The number of hydrogen-bond donors (Lipinski definition) is 2. The first-order chi connectivity index (χ1) is 9.70. The summed E-state index contributed by atoms with van der Waals surface area (Å²) in [4.78, 5) is 11.1. The third kappa shape index (κ3) is 2.04. The van der Waals surface area contributed by atoms with Crippen molar-refractivity contribution < 1.29 is 19.7 Å². The maximum atomic E-state index is 11.1. The number of ether oxygens (including phenoxy) is 1. The van der Waals surface area contributed by atoms with Gasteiger partial charge in [0, 0.05) is 5.92 Å². The maximum Gasteiger partial charge on any atom is 0.304 e. The zero-order valence-electron chi connectivity index (χ0n) is 10.7. The van der Waals surface area contributed by atoms with E-state index in [9.17, 15) is 4.79 Å². The van der Waals surface area contributed by atoms with Crippen molar-refractivity contribution in [2.75, 3.05) is 6.79 Å². The lowest BCUT2D eigenvalue weighted by Gasteiger charge is -2.12. The molecule has 0 heterocycles. The van der Waals surface area contributed by atoms with Gasteiger partial charge in [0.1, 0.15) is 5.75 Å². The number of aliphatic hydroxyl groups is 1. The van der Waals surface area contributed by atoms with Gasteiger partial charge in [-0.05, 0) is 34.4 Å². The highest BCUT2D eigenvalue weighted by Gasteiger charge is 2.30. The van der Waals surface area contributed by atoms with Gasteiger partial charge in [0.05, 0.1) is 6.42 Å². The molecule has 1 unspecified atom stereocenters. The zero-order chi connectivity index (χ0) is 14.1. The molecule has 20 heavy (non-hydrogen) atoms. The van der Waals surface area contributed by atoms with Crippen LogP contribution in [0, 0.1) is 0 Å². The van der Waals surface area contributed by atoms with Crippen LogP contribution in [0.5, 0.6) is 5.75 Å². The van der Waals surface area contributed by atoms with Gasteiger partial charge >= 0.3 is 5.97 Å². The van der Waals surface area contributed by atoms with E-state index in [2.05, 4.69) is 0 Å². The predicted octanol–water partition coefficient (Wildman–Crippen LogP) is 2.60. The Balaban J connectivity index is 2.12. The van der Waals surface area contributed by atoms with Crippen LogP contribution in [0.15, 0.2) is 42.5 Å². The Bertz CT molecular complexity index is 663. The van der Waals surface area contributed by atoms with Crippen molar-refractivity contribution in [2.24, 2.45) is 0 Å². The monoisotopic (exact) mass is 270 g/mol. The summed E-state index contributed by atoms with van der Waals surface area (Å²) >= 11 is 0. The van der Waals surface area contributed by atoms with Gasteiger partial charge < -0.3 is 14.9 Å². The van der Waals surface area contributed by atoms with Crippen LogP contribution in [0.4, 0.5) is 0 Å². The molecule has 1 aliphatic carbocycles. The molecule has 2 aromatic carbocycles. The summed E-state index contributed by atoms with van der Waals surface area (Å²) in [6.45, 7) is -0.394. The number of benzene rings is 2. The number of hydrogen-bond acceptors (Lipinski definition) is 3. The summed E-state index contributed by atoms with van der Waals surface area (Å²) in [7, 11) is 0. The van der Waals surface area contributed by atoms with Gasteiger partial charge in [-0.3, -0.25) is 4.79 Å². The molecule has 0 saturated heterocycles. The molecule has 0 saturated carbocycles. The first-order valence-corrected chi connectivity index (χ1v) is 6.39. The first kappa shape index (κ1) is 12.7. The molecule has 2 N–H and O–H groups in total. The van der Waals surface area contributed by atoms with Gasteiger partial charge in [-0.1, -0.05) is 30.3 Å². The summed E-state index contributed by atoms with van der Waals surface area (Å²) in [5, 5.41) is 18.0. The number of fused-ring (bicyclic) bond motifs is 3. The van der Waals surface area contributed by atoms with E-state index in [1.165, 1.54) is 0 Å². The Morgan fingerprint density at radius 2 is 1.85 bits per heavy atom. The Hall–Kier alpha value is -2.33. The lowest BCUT2D eigenvalue weighted by Crippen LogP contribution is -2.05. The van der Waals surface area contributed by atoms with Gasteiger partial charge in [-0.25, -0.2) is 0 Å². The molecule has 4 heteroatoms. The molecule has 0 aromatic heterocycles. The third-order valence-corrected chi connectivity index (χ3v) is 3.63. The third-order valence-electron chi connectivity index (χ3n) is 3.63. The van der Waals surface area contributed by atoms with Crippen molar-refractivity contribution in [1.82, 2.24) is 0 Å². The quantitative estimate of drug-likeness (QED) is 0.838. The van der Waals surface area contributed by atoms with E-state index in [-0.39, 0.29) is 12.3 Å². The van der Waals surface area contributed by atoms with E-state index in [0.29, 0.717) is 5.75 Å². The van der Waals surface area contributed by atoms with E-state index in [1.54, 1.807) is 6.07 Å². The second kappa shape index (κ2) is 4.98. The molecule has 1 aliphatic rings. The zero-order valence-corrected chi connectivity index (χ0v) is 10.7. The van der Waals surface area contributed by atoms with Gasteiger partial charge in [0.15, 0.2) is 6.79 Å². The van der Waals surface area contributed by atoms with Gasteiger partial charge in [-0.15, -0.1) is 0 Å². The predicted molar refractivity (Wildman–Crippen MR) is 73.7 cm³/mol. The minimum Gasteiger partial charge on any atom is -0.481 e. The number of carboxylic acids is 1. The lowest BCUT2D eigenvalue weighted by atomic mass is 9.93. The van der Waals surface area contributed by atoms with E-state index in [0.717, 1.165) is 22.3 Å². The number of aliphatic hydroxyl groups excluding tert-OH is 1. The maximum absolute atomic E-state index is 11.1. The molecular weight excluding hydrogens is 256 g/mol. The smallest absolute Gasteiger partial charge is 0.304 e. The fraction of sp³-hybridized carbons (Fsp3) is 0.188. The first-order valence-electron chi connectivity index (χ1n) is 6.39. The molecule has 0 aliphatic heterocycles. The molecule has 0 amide bonds. The number of rotatable bonds is 4. The molecule has 0 radical (unpaired) electrons. The molecule has 0 fully saturated rings. The van der Waals surface area contributed by atoms with Crippen LogP contribution in [0.25, 0.3) is 11.1 Å². The van der Waals surface area contributed by atoms with Gasteiger partial charge in [-0.2, -0.15) is 0 Å². The summed E-state index contributed by atoms with van der Waals surface area (Å²) in [5.41, 5.74) is 4.09. The van der Waals surface area contributed by atoms with Crippen molar-refractivity contribution in [2.45, 2.75) is 12.3 Å². The molecule has 0 spiro atoms. The SMILES string of the molecule is O=C(O)CC1c2ccccc2-c2ccc(OCO)cc21. The average molecular weight is 270 g/mol. The van der Waals surface area contributed by atoms with Crippen molar-refractivity contribution in [1.29, 1.82) is 0 Å². The standard InChI is InChI=1S/C16H14O4/c17-9-20-10-5-6-13-11-3-1-2-4-12(11)15(8-16(18)19)14(13)7-10/h1-7,15,17H,8-9H2,(H,18,19). The average Bonchev–Trinajstić information content (AvgIpc) is 2.73. The number of carbonyl (C=O) groups is 1. The van der Waals surface area contributed by atoms with E-state index in [4.69, 9.17) is 14.9 Å². The topological polar surface area (TPSA) is 66.8 Å². The van der Waals surface area contributed by atoms with Crippen LogP contribution < -0.4 is 4.74 Å². The van der Waals surface area contributed by atoms with Crippen LogP contribution in [-0.4, -0.2) is 23.0 Å². The van der Waals surface area contributed by atoms with Crippen LogP contribution in [0.1, 0.15) is 23.5 Å². The van der Waals surface area contributed by atoms with E-state index >= 15 is 0 Å². The molecule has 102 valence electrons. The highest BCUT2D eigenvalue weighted by Crippen LogP contribution is 2.47. The summed E-state index contributed by atoms with van der Waals surface area (Å²) in [6, 6.07) is 13.4. The Kier molecular flexibility index (Phi) is 3.16. The van der Waals surface area contributed by atoms with Crippen LogP contribution in [0.3, 0.4) is 0 Å². The second-order valence-corrected chi connectivity index (χ2v) is 4.76. The van der Waals surface area contributed by atoms with Crippen LogP contribution in [0.2, 0.25) is 0 Å². The number of carboxylic acid groups (broad SMARTS) is 1. The fourth-order valence-electron chi connectivity index (χ4n) is 2.85. The molecule has 0 bridgehead atoms. The van der Waals surface area contributed by atoms with Crippen molar-refractivity contribution >= 4 is 5.97 Å². The Labute approximate surface area is 116 Å². The fourth-order valence-corrected chi connectivity index (χ4v) is 2.85. The summed E-state index contributed by atoms with van der Waals surface area (Å²) in [5.74, 6) is -0.443. The second-order valence-electron chi connectivity index (χ2n) is 4.76. The highest BCUT2D eigenvalue weighted by atomic mass is 16.6. The molecule has 4 nitrogen and oxygen atoms in total. The van der Waals surface area contributed by atoms with Crippen molar-refractivity contribution in [3.05, 3.63) is 53.6 Å². The van der Waals surface area contributed by atoms with Gasteiger partial charge in [0.25, 0.3) is 0 Å². The Morgan fingerprint density at radius 3 is 2.60 bits per heavy atom. The largest absolute Gasteiger partial charge is 0.481 e. The normalized spacial score (nSPS) is 15.6. The van der Waals surface area contributed by atoms with Crippen LogP contribution in [-0.2, 0) is 4.79 Å². The molecule has 3 rings (SSSR count). The van der Waals surface area contributed by atoms with Crippen LogP contribution >= 0.6 is 0 Å². The van der Waals surface area contributed by atoms with Gasteiger partial charge in [0.2, 0.25) is 0 Å². The van der Waals surface area contributed by atoms with Crippen molar-refractivity contribution in [3.8, 4) is 16.9 Å². The summed E-state index contributed by atoms with van der Waals surface area (Å²) in [6.07, 6.45) is 0.0482. The molecular formula is C16H14O4. The Morgan fingerprint density at radius 1 is 1.10 bits per heavy atom. The van der Waals surface area contributed by atoms with E-state index in [1.807, 2.05) is 36.4 Å².